The third kappa shape index (κ3) is 4.37. The smallest absolute Gasteiger partial charge is 0.338 e. The molecule has 1 rings (SSSR count). The summed E-state index contributed by atoms with van der Waals surface area (Å²) in [6.07, 6.45) is 0. The molecule has 0 fully saturated rings. The van der Waals surface area contributed by atoms with E-state index in [1.165, 1.54) is 0 Å². The van der Waals surface area contributed by atoms with E-state index in [2.05, 4.69) is 5.32 Å². The van der Waals surface area contributed by atoms with E-state index in [0.717, 1.165) is 0 Å². The second-order valence-electron chi connectivity index (χ2n) is 4.43. The number of nitrogens with two attached hydrogens (primary N) is 1. The summed E-state index contributed by atoms with van der Waals surface area (Å²) in [5, 5.41) is 2.75. The van der Waals surface area contributed by atoms with Gasteiger partial charge in [-0.25, -0.2) is 4.79 Å². The van der Waals surface area contributed by atoms with Crippen molar-refractivity contribution >= 4 is 17.6 Å². The highest BCUT2D eigenvalue weighted by atomic mass is 16.5. The van der Waals surface area contributed by atoms with Crippen LogP contribution in [0.5, 0.6) is 0 Å². The van der Waals surface area contributed by atoms with Crippen molar-refractivity contribution in [3.8, 4) is 0 Å². The van der Waals surface area contributed by atoms with Crippen molar-refractivity contribution < 1.29 is 14.3 Å². The van der Waals surface area contributed by atoms with Crippen LogP contribution in [0.4, 0.5) is 5.69 Å². The second kappa shape index (κ2) is 6.89. The van der Waals surface area contributed by atoms with Gasteiger partial charge >= 0.3 is 5.97 Å². The Morgan fingerprint density at radius 2 is 1.84 bits per heavy atom. The molecule has 19 heavy (non-hydrogen) atoms. The van der Waals surface area contributed by atoms with Crippen LogP contribution >= 0.6 is 0 Å². The Hall–Kier alpha value is -1.88. The molecule has 2 unspecified atom stereocenters. The predicted molar refractivity (Wildman–Crippen MR) is 73.8 cm³/mol. The average Bonchev–Trinajstić information content (AvgIpc) is 2.38. The van der Waals surface area contributed by atoms with Crippen LogP contribution in [0.2, 0.25) is 0 Å². The number of hydrogen-bond acceptors (Lipinski definition) is 4. The number of benzene rings is 1. The van der Waals surface area contributed by atoms with E-state index in [1.807, 2.05) is 0 Å². The van der Waals surface area contributed by atoms with E-state index < -0.39 is 0 Å². The minimum absolute atomic E-state index is 0.140. The number of nitrogens with one attached hydrogen (secondary N) is 1. The minimum atomic E-state index is -0.371. The van der Waals surface area contributed by atoms with Crippen LogP contribution in [-0.4, -0.2) is 24.5 Å². The zero-order valence-corrected chi connectivity index (χ0v) is 11.5. The third-order valence-electron chi connectivity index (χ3n) is 2.87. The average molecular weight is 264 g/mol. The summed E-state index contributed by atoms with van der Waals surface area (Å²) in [6.45, 7) is 5.65. The molecule has 0 bridgehead atoms. The largest absolute Gasteiger partial charge is 0.462 e. The van der Waals surface area contributed by atoms with E-state index in [4.69, 9.17) is 10.5 Å². The van der Waals surface area contributed by atoms with Crippen LogP contribution in [0, 0.1) is 5.92 Å². The molecule has 0 aliphatic rings. The summed E-state index contributed by atoms with van der Waals surface area (Å²) in [7, 11) is 0. The Kier molecular flexibility index (Phi) is 5.51. The molecule has 0 aliphatic heterocycles. The number of carbonyl (C=O) groups is 2. The summed E-state index contributed by atoms with van der Waals surface area (Å²) in [6, 6.07) is 6.35. The van der Waals surface area contributed by atoms with Gasteiger partial charge < -0.3 is 15.8 Å². The first-order valence-electron chi connectivity index (χ1n) is 6.29. The topological polar surface area (TPSA) is 81.4 Å². The fourth-order valence-corrected chi connectivity index (χ4v) is 1.40. The summed E-state index contributed by atoms with van der Waals surface area (Å²) in [5.41, 5.74) is 6.75. The molecular formula is C14H20N2O3. The Morgan fingerprint density at radius 1 is 1.26 bits per heavy atom. The molecule has 1 aromatic rings. The number of amides is 1. The van der Waals surface area contributed by atoms with Crippen molar-refractivity contribution in [1.29, 1.82) is 0 Å². The molecule has 1 aromatic carbocycles. The van der Waals surface area contributed by atoms with Gasteiger partial charge in [0.25, 0.3) is 0 Å². The predicted octanol–water partition coefficient (Wildman–Crippen LogP) is 1.79. The summed E-state index contributed by atoms with van der Waals surface area (Å²) < 4.78 is 4.88. The lowest BCUT2D eigenvalue weighted by Gasteiger charge is -2.15. The van der Waals surface area contributed by atoms with Crippen molar-refractivity contribution in [3.05, 3.63) is 29.8 Å². The van der Waals surface area contributed by atoms with Gasteiger partial charge in [0.15, 0.2) is 0 Å². The first-order chi connectivity index (χ1) is 8.95. The standard InChI is InChI=1S/C14H20N2O3/c1-4-19-14(18)11-5-7-12(8-6-11)16-13(17)9(2)10(3)15/h5-10H,4,15H2,1-3H3,(H,16,17). The van der Waals surface area contributed by atoms with Gasteiger partial charge in [-0.2, -0.15) is 0 Å². The highest BCUT2D eigenvalue weighted by molar-refractivity contribution is 5.94. The van der Waals surface area contributed by atoms with Crippen molar-refractivity contribution in [2.24, 2.45) is 11.7 Å². The highest BCUT2D eigenvalue weighted by Crippen LogP contribution is 2.12. The van der Waals surface area contributed by atoms with Gasteiger partial charge in [-0.1, -0.05) is 6.92 Å². The van der Waals surface area contributed by atoms with Crippen molar-refractivity contribution in [2.75, 3.05) is 11.9 Å². The van der Waals surface area contributed by atoms with Crippen LogP contribution in [0.25, 0.3) is 0 Å². The zero-order valence-electron chi connectivity index (χ0n) is 11.5. The van der Waals surface area contributed by atoms with E-state index >= 15 is 0 Å². The Labute approximate surface area is 113 Å². The number of anilines is 1. The molecule has 0 saturated heterocycles. The van der Waals surface area contributed by atoms with Crippen molar-refractivity contribution in [2.45, 2.75) is 26.8 Å². The SMILES string of the molecule is CCOC(=O)c1ccc(NC(=O)C(C)C(C)N)cc1. The summed E-state index contributed by atoms with van der Waals surface area (Å²) >= 11 is 0. The minimum Gasteiger partial charge on any atom is -0.462 e. The van der Waals surface area contributed by atoms with Crippen LogP contribution in [-0.2, 0) is 9.53 Å². The van der Waals surface area contributed by atoms with E-state index in [-0.39, 0.29) is 23.8 Å². The molecule has 0 radical (unpaired) electrons. The van der Waals surface area contributed by atoms with Gasteiger partial charge in [-0.15, -0.1) is 0 Å². The molecule has 0 saturated carbocycles. The maximum atomic E-state index is 11.8. The number of esters is 1. The fraction of sp³-hybridized carbons (Fsp3) is 0.429. The molecule has 2 atom stereocenters. The first kappa shape index (κ1) is 15.2. The second-order valence-corrected chi connectivity index (χ2v) is 4.43. The number of rotatable bonds is 5. The highest BCUT2D eigenvalue weighted by Gasteiger charge is 2.17. The normalized spacial score (nSPS) is 13.5. The molecule has 0 aromatic heterocycles. The van der Waals surface area contributed by atoms with Crippen LogP contribution < -0.4 is 11.1 Å². The third-order valence-corrected chi connectivity index (χ3v) is 2.87. The Morgan fingerprint density at radius 3 is 2.32 bits per heavy atom. The number of hydrogen-bond donors (Lipinski definition) is 2. The van der Waals surface area contributed by atoms with Gasteiger partial charge in [0.1, 0.15) is 0 Å². The molecule has 3 N–H and O–H groups in total. The van der Waals surface area contributed by atoms with Gasteiger partial charge in [-0.3, -0.25) is 4.79 Å². The molecule has 0 spiro atoms. The monoisotopic (exact) mass is 264 g/mol. The Balaban J connectivity index is 2.67. The summed E-state index contributed by atoms with van der Waals surface area (Å²) in [5.74, 6) is -0.784. The number of carbonyl (C=O) groups excluding carboxylic acids is 2. The van der Waals surface area contributed by atoms with Crippen LogP contribution in [0.1, 0.15) is 31.1 Å². The maximum absolute atomic E-state index is 11.8. The lowest BCUT2D eigenvalue weighted by molar-refractivity contribution is -0.119. The van der Waals surface area contributed by atoms with Gasteiger partial charge in [-0.05, 0) is 38.1 Å². The van der Waals surface area contributed by atoms with Crippen LogP contribution in [0.15, 0.2) is 24.3 Å². The lowest BCUT2D eigenvalue weighted by atomic mass is 10.0. The quantitative estimate of drug-likeness (QED) is 0.794. The zero-order chi connectivity index (χ0) is 14.4. The fourth-order valence-electron chi connectivity index (χ4n) is 1.40. The molecule has 1 amide bonds. The van der Waals surface area contributed by atoms with Gasteiger partial charge in [0.05, 0.1) is 18.1 Å². The molecular weight excluding hydrogens is 244 g/mol. The molecule has 104 valence electrons. The van der Waals surface area contributed by atoms with Crippen LogP contribution in [0.3, 0.4) is 0 Å². The lowest BCUT2D eigenvalue weighted by Crippen LogP contribution is -2.34. The number of ether oxygens (including phenoxy) is 1. The maximum Gasteiger partial charge on any atom is 0.338 e. The van der Waals surface area contributed by atoms with E-state index in [9.17, 15) is 9.59 Å². The van der Waals surface area contributed by atoms with Gasteiger partial charge in [0.2, 0.25) is 5.91 Å². The van der Waals surface area contributed by atoms with E-state index in [0.29, 0.717) is 17.9 Å². The van der Waals surface area contributed by atoms with E-state index in [1.54, 1.807) is 45.0 Å². The molecule has 5 heteroatoms. The van der Waals surface area contributed by atoms with Crippen molar-refractivity contribution in [1.82, 2.24) is 0 Å². The summed E-state index contributed by atoms with van der Waals surface area (Å²) in [4.78, 5) is 23.2. The molecule has 0 heterocycles. The Bertz CT molecular complexity index is 441. The van der Waals surface area contributed by atoms with Gasteiger partial charge in [0, 0.05) is 11.7 Å². The van der Waals surface area contributed by atoms with Crippen molar-refractivity contribution in [3.63, 3.8) is 0 Å². The molecule has 5 nitrogen and oxygen atoms in total. The first-order valence-corrected chi connectivity index (χ1v) is 6.29. The molecule has 0 aliphatic carbocycles.